The molecular formula is C44H32O8. The van der Waals surface area contributed by atoms with Crippen LogP contribution in [-0.4, -0.2) is 48.5 Å². The molecule has 0 spiro atoms. The zero-order valence-corrected chi connectivity index (χ0v) is 27.6. The molecule has 6 aromatic rings. The molecule has 1 aliphatic heterocycles. The average Bonchev–Trinajstić information content (AvgIpc) is 3.43. The molecular weight excluding hydrogens is 656 g/mol. The van der Waals surface area contributed by atoms with Gasteiger partial charge in [0.15, 0.2) is 23.0 Å². The highest BCUT2D eigenvalue weighted by Gasteiger charge is 2.36. The molecule has 1 heterocycles. The van der Waals surface area contributed by atoms with E-state index in [4.69, 9.17) is 4.74 Å². The van der Waals surface area contributed by atoms with E-state index in [1.807, 2.05) is 103 Å². The van der Waals surface area contributed by atoms with E-state index in [1.54, 1.807) is 0 Å². The lowest BCUT2D eigenvalue weighted by Gasteiger charge is -2.25. The Balaban J connectivity index is 1.59. The Hall–Kier alpha value is -6.90. The van der Waals surface area contributed by atoms with Gasteiger partial charge < -0.3 is 40.5 Å². The fourth-order valence-electron chi connectivity index (χ4n) is 7.52. The van der Waals surface area contributed by atoms with E-state index in [-0.39, 0.29) is 11.1 Å². The molecule has 256 valence electrons. The average molecular weight is 689 g/mol. The van der Waals surface area contributed by atoms with Crippen LogP contribution in [0.1, 0.15) is 27.8 Å². The number of hydrogen-bond acceptors (Lipinski definition) is 8. The number of aromatic hydroxyl groups is 3. The SMILES string of the molecule is C=C(O)c1c(/C(O)=C(/O)CO)c(O)c(O)c(O)c1-c1c2ccccc2c(C2=C3c4ccccc4OC3C=CC=C2c2ccccc2)c2ccccc12. The van der Waals surface area contributed by atoms with Crippen molar-refractivity contribution in [2.75, 3.05) is 6.61 Å². The zero-order valence-electron chi connectivity index (χ0n) is 27.6. The Morgan fingerprint density at radius 3 is 1.83 bits per heavy atom. The van der Waals surface area contributed by atoms with Crippen molar-refractivity contribution in [3.63, 3.8) is 0 Å². The fourth-order valence-corrected chi connectivity index (χ4v) is 7.52. The molecule has 2 aliphatic rings. The van der Waals surface area contributed by atoms with Crippen molar-refractivity contribution in [3.05, 3.63) is 162 Å². The molecule has 52 heavy (non-hydrogen) atoms. The van der Waals surface area contributed by atoms with Crippen LogP contribution in [-0.2, 0) is 0 Å². The molecule has 6 aromatic carbocycles. The van der Waals surface area contributed by atoms with Gasteiger partial charge in [0.1, 0.15) is 24.2 Å². The number of para-hydroxylation sites is 1. The van der Waals surface area contributed by atoms with E-state index < -0.39 is 52.8 Å². The second kappa shape index (κ2) is 12.5. The largest absolute Gasteiger partial charge is 0.508 e. The second-order valence-corrected chi connectivity index (χ2v) is 12.6. The number of fused-ring (bicyclic) bond motifs is 5. The number of phenols is 3. The fraction of sp³-hybridized carbons (Fsp3) is 0.0455. The Morgan fingerprint density at radius 2 is 1.21 bits per heavy atom. The monoisotopic (exact) mass is 688 g/mol. The van der Waals surface area contributed by atoms with Crippen molar-refractivity contribution >= 4 is 49.8 Å². The van der Waals surface area contributed by atoms with Crippen LogP contribution in [0.4, 0.5) is 0 Å². The minimum absolute atomic E-state index is 0.166. The van der Waals surface area contributed by atoms with Crippen molar-refractivity contribution in [2.45, 2.75) is 6.10 Å². The van der Waals surface area contributed by atoms with Gasteiger partial charge in [-0.15, -0.1) is 0 Å². The molecule has 0 saturated carbocycles. The summed E-state index contributed by atoms with van der Waals surface area (Å²) in [4.78, 5) is 0. The number of phenolic OH excluding ortho intramolecular Hbond substituents is 3. The number of rotatable bonds is 6. The van der Waals surface area contributed by atoms with E-state index in [0.717, 1.165) is 49.9 Å². The van der Waals surface area contributed by atoms with Gasteiger partial charge in [0.05, 0.1) is 5.56 Å². The molecule has 0 aromatic heterocycles. The molecule has 0 fully saturated rings. The first kappa shape index (κ1) is 32.3. The number of ether oxygens (including phenoxy) is 1. The van der Waals surface area contributed by atoms with Gasteiger partial charge in [-0.25, -0.2) is 0 Å². The topological polar surface area (TPSA) is 151 Å². The van der Waals surface area contributed by atoms with Crippen LogP contribution in [0.2, 0.25) is 0 Å². The summed E-state index contributed by atoms with van der Waals surface area (Å²) in [5.41, 5.74) is 4.81. The maximum Gasteiger partial charge on any atom is 0.201 e. The highest BCUT2D eigenvalue weighted by molar-refractivity contribution is 6.29. The zero-order chi connectivity index (χ0) is 36.3. The molecule has 7 N–H and O–H groups in total. The smallest absolute Gasteiger partial charge is 0.201 e. The van der Waals surface area contributed by atoms with Crippen LogP contribution in [0.25, 0.3) is 60.9 Å². The van der Waals surface area contributed by atoms with E-state index >= 15 is 0 Å². The number of aliphatic hydroxyl groups is 4. The summed E-state index contributed by atoms with van der Waals surface area (Å²) in [5.74, 6) is -4.74. The summed E-state index contributed by atoms with van der Waals surface area (Å²) < 4.78 is 6.52. The van der Waals surface area contributed by atoms with Gasteiger partial charge in [0, 0.05) is 27.8 Å². The molecule has 1 unspecified atom stereocenters. The third-order valence-corrected chi connectivity index (χ3v) is 9.69. The summed E-state index contributed by atoms with van der Waals surface area (Å²) in [6.45, 7) is 2.64. The summed E-state index contributed by atoms with van der Waals surface area (Å²) in [5, 5.41) is 78.4. The Morgan fingerprint density at radius 1 is 0.635 bits per heavy atom. The summed E-state index contributed by atoms with van der Waals surface area (Å²) in [6, 6.07) is 33.0. The Kier molecular flexibility index (Phi) is 7.74. The second-order valence-electron chi connectivity index (χ2n) is 12.6. The lowest BCUT2D eigenvalue weighted by atomic mass is 9.78. The first-order valence-corrected chi connectivity index (χ1v) is 16.5. The predicted octanol–water partition coefficient (Wildman–Crippen LogP) is 9.41. The van der Waals surface area contributed by atoms with Gasteiger partial charge in [0.2, 0.25) is 5.75 Å². The molecule has 1 aliphatic carbocycles. The first-order chi connectivity index (χ1) is 25.2. The third kappa shape index (κ3) is 4.80. The molecule has 0 amide bonds. The van der Waals surface area contributed by atoms with Crippen LogP contribution in [0.5, 0.6) is 23.0 Å². The lowest BCUT2D eigenvalue weighted by molar-refractivity contribution is 0.245. The summed E-state index contributed by atoms with van der Waals surface area (Å²) >= 11 is 0. The third-order valence-electron chi connectivity index (χ3n) is 9.69. The summed E-state index contributed by atoms with van der Waals surface area (Å²) in [7, 11) is 0. The Bertz CT molecular complexity index is 2550. The van der Waals surface area contributed by atoms with Crippen LogP contribution >= 0.6 is 0 Å². The Labute approximate surface area is 298 Å². The van der Waals surface area contributed by atoms with E-state index in [9.17, 15) is 35.7 Å². The maximum absolute atomic E-state index is 11.6. The molecule has 8 nitrogen and oxygen atoms in total. The van der Waals surface area contributed by atoms with Gasteiger partial charge >= 0.3 is 0 Å². The highest BCUT2D eigenvalue weighted by Crippen LogP contribution is 2.56. The molecule has 8 rings (SSSR count). The van der Waals surface area contributed by atoms with Gasteiger partial charge in [-0.2, -0.15) is 0 Å². The van der Waals surface area contributed by atoms with Crippen molar-refractivity contribution in [2.24, 2.45) is 0 Å². The van der Waals surface area contributed by atoms with Crippen molar-refractivity contribution in [3.8, 4) is 34.1 Å². The van der Waals surface area contributed by atoms with Gasteiger partial charge in [-0.1, -0.05) is 116 Å². The molecule has 8 heteroatoms. The highest BCUT2D eigenvalue weighted by atomic mass is 16.5. The number of benzene rings is 6. The van der Waals surface area contributed by atoms with Gasteiger partial charge in [0.25, 0.3) is 0 Å². The van der Waals surface area contributed by atoms with Gasteiger partial charge in [-0.3, -0.25) is 0 Å². The van der Waals surface area contributed by atoms with E-state index in [1.165, 1.54) is 0 Å². The minimum Gasteiger partial charge on any atom is -0.508 e. The van der Waals surface area contributed by atoms with E-state index in [2.05, 4.69) is 24.8 Å². The van der Waals surface area contributed by atoms with Gasteiger partial charge in [-0.05, 0) is 56.0 Å². The minimum atomic E-state index is -1.03. The van der Waals surface area contributed by atoms with E-state index in [0.29, 0.717) is 16.3 Å². The maximum atomic E-state index is 11.6. The molecule has 0 saturated heterocycles. The molecule has 0 bridgehead atoms. The first-order valence-electron chi connectivity index (χ1n) is 16.5. The van der Waals surface area contributed by atoms with Crippen LogP contribution in [0.3, 0.4) is 0 Å². The number of allylic oxidation sites excluding steroid dienone is 4. The number of hydrogen-bond donors (Lipinski definition) is 7. The van der Waals surface area contributed by atoms with Crippen LogP contribution < -0.4 is 4.74 Å². The summed E-state index contributed by atoms with van der Waals surface area (Å²) in [6.07, 6.45) is 5.71. The molecule has 0 radical (unpaired) electrons. The van der Waals surface area contributed by atoms with Crippen molar-refractivity contribution in [1.82, 2.24) is 0 Å². The number of aliphatic hydroxyl groups excluding tert-OH is 4. The van der Waals surface area contributed by atoms with Crippen molar-refractivity contribution in [1.29, 1.82) is 0 Å². The quantitative estimate of drug-likeness (QED) is 0.0520. The predicted molar refractivity (Wildman–Crippen MR) is 204 cm³/mol. The standard InChI is InChI=1S/C44H32O8/c1-23(46)34-39(42(49)44(51)43(50)40(34)41(48)31(47)22-45)36-28-16-7-5-14-26(28)35(27-15-6-8-17-29(27)36)38-25(24-12-3-2-4-13-24)19-11-21-33-37(38)30-18-9-10-20-32(30)52-33/h2-21,33,45-51H,1,22H2/b41-31-. The normalized spacial score (nSPS) is 15.5. The lowest BCUT2D eigenvalue weighted by Crippen LogP contribution is -2.10. The molecule has 1 atom stereocenters. The van der Waals surface area contributed by atoms with Crippen LogP contribution in [0.15, 0.2) is 134 Å². The van der Waals surface area contributed by atoms with Crippen LogP contribution in [0, 0.1) is 0 Å². The van der Waals surface area contributed by atoms with Crippen molar-refractivity contribution < 1.29 is 40.5 Å².